The number of carbonyl (C=O) groups excluding carboxylic acids is 2. The van der Waals surface area contributed by atoms with Crippen molar-refractivity contribution in [2.24, 2.45) is 7.05 Å². The van der Waals surface area contributed by atoms with E-state index in [1.165, 1.54) is 0 Å². The molecule has 0 saturated heterocycles. The minimum atomic E-state index is -0.536. The monoisotopic (exact) mass is 343 g/mol. The summed E-state index contributed by atoms with van der Waals surface area (Å²) in [6, 6.07) is 9.26. The van der Waals surface area contributed by atoms with Crippen molar-refractivity contribution in [3.63, 3.8) is 0 Å². The summed E-state index contributed by atoms with van der Waals surface area (Å²) in [5, 5.41) is 9.73. The van der Waals surface area contributed by atoms with Gasteiger partial charge in [0, 0.05) is 31.9 Å². The summed E-state index contributed by atoms with van der Waals surface area (Å²) in [5.41, 5.74) is 1.82. The van der Waals surface area contributed by atoms with Gasteiger partial charge in [-0.3, -0.25) is 14.3 Å². The van der Waals surface area contributed by atoms with Crippen LogP contribution in [0.3, 0.4) is 0 Å². The first-order valence-electron chi connectivity index (χ1n) is 8.30. The molecule has 2 amide bonds. The van der Waals surface area contributed by atoms with Crippen LogP contribution in [-0.2, 0) is 23.2 Å². The lowest BCUT2D eigenvalue weighted by Gasteiger charge is -2.22. The Kier molecular flexibility index (Phi) is 6.71. The topological polar surface area (TPSA) is 79.3 Å². The van der Waals surface area contributed by atoms with Gasteiger partial charge in [0.05, 0.1) is 12.7 Å². The van der Waals surface area contributed by atoms with E-state index in [2.05, 4.69) is 15.7 Å². The second-order valence-electron chi connectivity index (χ2n) is 5.78. The smallest absolute Gasteiger partial charge is 0.242 e. The maximum atomic E-state index is 12.4. The Balaban J connectivity index is 1.91. The van der Waals surface area contributed by atoms with Gasteiger partial charge in [-0.15, -0.1) is 0 Å². The van der Waals surface area contributed by atoms with Crippen LogP contribution in [0.25, 0.3) is 0 Å². The first kappa shape index (κ1) is 18.7. The van der Waals surface area contributed by atoms with Crippen LogP contribution < -0.4 is 10.6 Å². The SMILES string of the molecule is CCN(Cc1ccccc1)C(=O)CNC(=O)C(NC)c1cnn(C)c1. The van der Waals surface area contributed by atoms with Gasteiger partial charge in [0.15, 0.2) is 0 Å². The number of aromatic nitrogens is 2. The largest absolute Gasteiger partial charge is 0.345 e. The van der Waals surface area contributed by atoms with E-state index in [-0.39, 0.29) is 18.4 Å². The summed E-state index contributed by atoms with van der Waals surface area (Å²) >= 11 is 0. The molecular weight excluding hydrogens is 318 g/mol. The van der Waals surface area contributed by atoms with E-state index in [0.717, 1.165) is 11.1 Å². The van der Waals surface area contributed by atoms with Gasteiger partial charge in [-0.05, 0) is 19.5 Å². The standard InChI is InChI=1S/C18H25N5O2/c1-4-23(12-14-8-6-5-7-9-14)16(24)11-20-18(25)17(19-2)15-10-21-22(3)13-15/h5-10,13,17,19H,4,11-12H2,1-3H3,(H,20,25). The van der Waals surface area contributed by atoms with Crippen molar-refractivity contribution in [2.45, 2.75) is 19.5 Å². The van der Waals surface area contributed by atoms with E-state index in [4.69, 9.17) is 0 Å². The van der Waals surface area contributed by atoms with Crippen LogP contribution in [-0.4, -0.2) is 46.6 Å². The fourth-order valence-electron chi connectivity index (χ4n) is 2.60. The summed E-state index contributed by atoms with van der Waals surface area (Å²) in [5.74, 6) is -0.361. The normalized spacial score (nSPS) is 11.8. The van der Waals surface area contributed by atoms with E-state index in [9.17, 15) is 9.59 Å². The lowest BCUT2D eigenvalue weighted by molar-refractivity contribution is -0.133. The van der Waals surface area contributed by atoms with E-state index < -0.39 is 6.04 Å². The molecule has 0 aliphatic rings. The number of rotatable bonds is 8. The molecule has 1 heterocycles. The predicted octanol–water partition coefficient (Wildman–Crippen LogP) is 0.846. The number of likely N-dealkylation sites (N-methyl/N-ethyl adjacent to an activating group) is 2. The van der Waals surface area contributed by atoms with E-state index in [1.54, 1.807) is 36.1 Å². The molecule has 1 unspecified atom stereocenters. The van der Waals surface area contributed by atoms with Crippen LogP contribution in [0.4, 0.5) is 0 Å². The number of benzene rings is 1. The molecule has 2 N–H and O–H groups in total. The number of hydrogen-bond donors (Lipinski definition) is 2. The summed E-state index contributed by atoms with van der Waals surface area (Å²) in [4.78, 5) is 26.5. The number of nitrogens with zero attached hydrogens (tertiary/aromatic N) is 3. The van der Waals surface area contributed by atoms with E-state index in [0.29, 0.717) is 13.1 Å². The maximum Gasteiger partial charge on any atom is 0.242 e. The Morgan fingerprint density at radius 3 is 2.56 bits per heavy atom. The van der Waals surface area contributed by atoms with Crippen LogP contribution >= 0.6 is 0 Å². The molecule has 7 nitrogen and oxygen atoms in total. The van der Waals surface area contributed by atoms with Gasteiger partial charge >= 0.3 is 0 Å². The quantitative estimate of drug-likeness (QED) is 0.745. The van der Waals surface area contributed by atoms with Gasteiger partial charge in [0.2, 0.25) is 11.8 Å². The van der Waals surface area contributed by atoms with E-state index in [1.807, 2.05) is 37.3 Å². The second kappa shape index (κ2) is 8.98. The predicted molar refractivity (Wildman–Crippen MR) is 95.6 cm³/mol. The summed E-state index contributed by atoms with van der Waals surface area (Å²) < 4.78 is 1.64. The first-order chi connectivity index (χ1) is 12.0. The molecule has 1 aromatic carbocycles. The highest BCUT2D eigenvalue weighted by Gasteiger charge is 2.21. The molecule has 0 spiro atoms. The highest BCUT2D eigenvalue weighted by molar-refractivity contribution is 5.88. The van der Waals surface area contributed by atoms with Gasteiger partial charge in [0.1, 0.15) is 6.04 Å². The zero-order valence-electron chi connectivity index (χ0n) is 14.9. The minimum Gasteiger partial charge on any atom is -0.345 e. The Morgan fingerprint density at radius 1 is 1.28 bits per heavy atom. The van der Waals surface area contributed by atoms with Gasteiger partial charge in [0.25, 0.3) is 0 Å². The molecule has 7 heteroatoms. The van der Waals surface area contributed by atoms with Crippen LogP contribution in [0, 0.1) is 0 Å². The lowest BCUT2D eigenvalue weighted by Crippen LogP contribution is -2.43. The van der Waals surface area contributed by atoms with Crippen molar-refractivity contribution in [1.82, 2.24) is 25.3 Å². The highest BCUT2D eigenvalue weighted by Crippen LogP contribution is 2.11. The Hall–Kier alpha value is -2.67. The number of nitrogens with one attached hydrogen (secondary N) is 2. The van der Waals surface area contributed by atoms with E-state index >= 15 is 0 Å². The summed E-state index contributed by atoms with van der Waals surface area (Å²) in [6.07, 6.45) is 3.41. The van der Waals surface area contributed by atoms with Crippen LogP contribution in [0.5, 0.6) is 0 Å². The highest BCUT2D eigenvalue weighted by atomic mass is 16.2. The molecule has 0 aliphatic heterocycles. The van der Waals surface area contributed by atoms with Gasteiger partial charge in [-0.2, -0.15) is 5.10 Å². The molecule has 25 heavy (non-hydrogen) atoms. The molecule has 2 rings (SSSR count). The minimum absolute atomic E-state index is 0.0298. The van der Waals surface area contributed by atoms with Crippen molar-refractivity contribution in [2.75, 3.05) is 20.1 Å². The van der Waals surface area contributed by atoms with Crippen molar-refractivity contribution in [1.29, 1.82) is 0 Å². The van der Waals surface area contributed by atoms with Crippen LogP contribution in [0.1, 0.15) is 24.1 Å². The molecule has 1 atom stereocenters. The fourth-order valence-corrected chi connectivity index (χ4v) is 2.60. The number of amides is 2. The first-order valence-corrected chi connectivity index (χ1v) is 8.30. The third-order valence-corrected chi connectivity index (χ3v) is 3.97. The van der Waals surface area contributed by atoms with Crippen molar-refractivity contribution in [3.05, 3.63) is 53.9 Å². The fraction of sp³-hybridized carbons (Fsp3) is 0.389. The molecule has 0 bridgehead atoms. The molecule has 0 fully saturated rings. The van der Waals surface area contributed by atoms with Gasteiger partial charge in [-0.1, -0.05) is 30.3 Å². The molecule has 0 aliphatic carbocycles. The Labute approximate surface area is 148 Å². The van der Waals surface area contributed by atoms with Crippen molar-refractivity contribution >= 4 is 11.8 Å². The van der Waals surface area contributed by atoms with Crippen LogP contribution in [0.2, 0.25) is 0 Å². The molecule has 134 valence electrons. The third-order valence-electron chi connectivity index (χ3n) is 3.97. The zero-order chi connectivity index (χ0) is 18.2. The molecular formula is C18H25N5O2. The zero-order valence-corrected chi connectivity index (χ0v) is 14.9. The molecule has 1 aromatic heterocycles. The number of aryl methyl sites for hydroxylation is 1. The second-order valence-corrected chi connectivity index (χ2v) is 5.78. The maximum absolute atomic E-state index is 12.4. The summed E-state index contributed by atoms with van der Waals surface area (Å²) in [7, 11) is 3.49. The summed E-state index contributed by atoms with van der Waals surface area (Å²) in [6.45, 7) is 3.01. The van der Waals surface area contributed by atoms with Crippen molar-refractivity contribution < 1.29 is 9.59 Å². The third kappa shape index (κ3) is 5.15. The van der Waals surface area contributed by atoms with Gasteiger partial charge in [-0.25, -0.2) is 0 Å². The van der Waals surface area contributed by atoms with Crippen molar-refractivity contribution in [3.8, 4) is 0 Å². The van der Waals surface area contributed by atoms with Crippen LogP contribution in [0.15, 0.2) is 42.7 Å². The Bertz CT molecular complexity index is 699. The molecule has 0 radical (unpaired) electrons. The lowest BCUT2D eigenvalue weighted by atomic mass is 10.1. The Morgan fingerprint density at radius 2 is 2.00 bits per heavy atom. The number of carbonyl (C=O) groups is 2. The average molecular weight is 343 g/mol. The average Bonchev–Trinajstić information content (AvgIpc) is 3.05. The molecule has 2 aromatic rings. The van der Waals surface area contributed by atoms with Gasteiger partial charge < -0.3 is 15.5 Å². The number of hydrogen-bond acceptors (Lipinski definition) is 4. The molecule has 0 saturated carbocycles.